The molecule has 1 N–H and O–H groups in total. The Morgan fingerprint density at radius 1 is 1.19 bits per heavy atom. The van der Waals surface area contributed by atoms with Gasteiger partial charge < -0.3 is 10.2 Å². The number of hydrogen-bond acceptors (Lipinski definition) is 6. The standard InChI is InChI=1S/C19H27N5O2S/c1-13-7-6-10-23(12-13)19-22-24-15(11-16(25)21-18(24)27-19)17(26)20-14-8-4-2-3-5-9-14/h11,13-14H,2-10,12H2,1H3,(H,20,26)/t13-/m1/s1. The van der Waals surface area contributed by atoms with Crippen LogP contribution in [0.3, 0.4) is 0 Å². The number of hydrogen-bond donors (Lipinski definition) is 1. The summed E-state index contributed by atoms with van der Waals surface area (Å²) in [6, 6.07) is 1.49. The van der Waals surface area contributed by atoms with Crippen LogP contribution in [0.5, 0.6) is 0 Å². The molecular formula is C19H27N5O2S. The van der Waals surface area contributed by atoms with E-state index in [1.807, 2.05) is 0 Å². The Morgan fingerprint density at radius 2 is 1.96 bits per heavy atom. The highest BCUT2D eigenvalue weighted by atomic mass is 32.1. The van der Waals surface area contributed by atoms with Crippen LogP contribution in [0.1, 0.15) is 68.8 Å². The second-order valence-electron chi connectivity index (χ2n) is 7.91. The molecule has 8 heteroatoms. The predicted molar refractivity (Wildman–Crippen MR) is 107 cm³/mol. The average Bonchev–Trinajstić information content (AvgIpc) is 2.90. The molecule has 0 unspecified atom stereocenters. The van der Waals surface area contributed by atoms with Gasteiger partial charge in [0.2, 0.25) is 10.1 Å². The minimum absolute atomic E-state index is 0.181. The first kappa shape index (κ1) is 18.4. The van der Waals surface area contributed by atoms with E-state index < -0.39 is 0 Å². The molecule has 4 rings (SSSR count). The van der Waals surface area contributed by atoms with Gasteiger partial charge in [-0.15, -0.1) is 5.10 Å². The molecule has 2 aromatic heterocycles. The van der Waals surface area contributed by atoms with Crippen LogP contribution >= 0.6 is 11.3 Å². The topological polar surface area (TPSA) is 79.6 Å². The monoisotopic (exact) mass is 389 g/mol. The highest BCUT2D eigenvalue weighted by molar-refractivity contribution is 7.20. The minimum atomic E-state index is -0.386. The van der Waals surface area contributed by atoms with Crippen LogP contribution in [0.25, 0.3) is 4.96 Å². The molecule has 2 aliphatic rings. The summed E-state index contributed by atoms with van der Waals surface area (Å²) < 4.78 is 1.55. The van der Waals surface area contributed by atoms with Gasteiger partial charge >= 0.3 is 0 Å². The van der Waals surface area contributed by atoms with Gasteiger partial charge in [0.25, 0.3) is 11.5 Å². The summed E-state index contributed by atoms with van der Waals surface area (Å²) in [5.74, 6) is 0.400. The summed E-state index contributed by atoms with van der Waals surface area (Å²) >= 11 is 1.39. The van der Waals surface area contributed by atoms with Crippen LogP contribution in [0.4, 0.5) is 5.13 Å². The van der Waals surface area contributed by atoms with Gasteiger partial charge in [0.1, 0.15) is 5.69 Å². The molecule has 1 atom stereocenters. The number of fused-ring (bicyclic) bond motifs is 1. The maximum absolute atomic E-state index is 12.9. The summed E-state index contributed by atoms with van der Waals surface area (Å²) in [4.78, 5) is 31.7. The van der Waals surface area contributed by atoms with Crippen molar-refractivity contribution < 1.29 is 4.79 Å². The minimum Gasteiger partial charge on any atom is -0.348 e. The van der Waals surface area contributed by atoms with Crippen molar-refractivity contribution in [2.75, 3.05) is 18.0 Å². The first-order valence-corrected chi connectivity index (χ1v) is 10.9. The van der Waals surface area contributed by atoms with E-state index in [0.29, 0.717) is 16.6 Å². The summed E-state index contributed by atoms with van der Waals surface area (Å²) in [7, 11) is 0. The van der Waals surface area contributed by atoms with Crippen molar-refractivity contribution in [3.05, 3.63) is 22.1 Å². The van der Waals surface area contributed by atoms with E-state index in [4.69, 9.17) is 0 Å². The molecule has 1 aliphatic heterocycles. The number of carbonyl (C=O) groups is 1. The summed E-state index contributed by atoms with van der Waals surface area (Å²) in [6.07, 6.45) is 9.12. The van der Waals surface area contributed by atoms with Crippen LogP contribution in [-0.4, -0.2) is 39.6 Å². The molecule has 3 heterocycles. The van der Waals surface area contributed by atoms with Crippen molar-refractivity contribution in [3.63, 3.8) is 0 Å². The van der Waals surface area contributed by atoms with Gasteiger partial charge in [-0.1, -0.05) is 43.9 Å². The van der Waals surface area contributed by atoms with Gasteiger partial charge in [-0.25, -0.2) is 0 Å². The number of rotatable bonds is 3. The second-order valence-corrected chi connectivity index (χ2v) is 8.85. The zero-order valence-corrected chi connectivity index (χ0v) is 16.6. The van der Waals surface area contributed by atoms with E-state index in [0.717, 1.165) is 50.3 Å². The zero-order chi connectivity index (χ0) is 18.8. The molecule has 1 saturated heterocycles. The lowest BCUT2D eigenvalue weighted by molar-refractivity contribution is 0.0925. The van der Waals surface area contributed by atoms with E-state index in [1.54, 1.807) is 4.52 Å². The summed E-state index contributed by atoms with van der Waals surface area (Å²) in [6.45, 7) is 4.15. The van der Waals surface area contributed by atoms with Crippen molar-refractivity contribution in [1.29, 1.82) is 0 Å². The first-order valence-electron chi connectivity index (χ1n) is 10.1. The van der Waals surface area contributed by atoms with E-state index >= 15 is 0 Å². The van der Waals surface area contributed by atoms with Gasteiger partial charge in [-0.05, 0) is 31.6 Å². The largest absolute Gasteiger partial charge is 0.348 e. The van der Waals surface area contributed by atoms with Crippen LogP contribution in [0, 0.1) is 5.92 Å². The van der Waals surface area contributed by atoms with Gasteiger partial charge in [-0.2, -0.15) is 9.50 Å². The number of carbonyl (C=O) groups excluding carboxylic acids is 1. The van der Waals surface area contributed by atoms with Gasteiger partial charge in [0.05, 0.1) is 0 Å². The lowest BCUT2D eigenvalue weighted by atomic mass is 10.0. The van der Waals surface area contributed by atoms with Gasteiger partial charge in [0, 0.05) is 25.2 Å². The fourth-order valence-electron chi connectivity index (χ4n) is 4.14. The summed E-state index contributed by atoms with van der Waals surface area (Å²) in [5.41, 5.74) is -0.0926. The molecule has 27 heavy (non-hydrogen) atoms. The molecule has 2 aromatic rings. The Morgan fingerprint density at radius 3 is 2.70 bits per heavy atom. The third-order valence-electron chi connectivity index (χ3n) is 5.59. The number of nitrogens with zero attached hydrogens (tertiary/aromatic N) is 4. The SMILES string of the molecule is C[C@@H]1CCCN(c2nn3c(C(=O)NC4CCCCCC4)cc(=O)nc3s2)C1. The first-order chi connectivity index (χ1) is 13.1. The molecule has 1 amide bonds. The summed E-state index contributed by atoms with van der Waals surface area (Å²) in [5, 5.41) is 8.59. The maximum atomic E-state index is 12.9. The van der Waals surface area contributed by atoms with Gasteiger partial charge in [-0.3, -0.25) is 9.59 Å². The smallest absolute Gasteiger partial charge is 0.274 e. The molecule has 0 bridgehead atoms. The molecule has 2 fully saturated rings. The van der Waals surface area contributed by atoms with Crippen LogP contribution in [-0.2, 0) is 0 Å². The molecular weight excluding hydrogens is 362 g/mol. The number of aromatic nitrogens is 3. The Hall–Kier alpha value is -1.96. The van der Waals surface area contributed by atoms with E-state index in [9.17, 15) is 9.59 Å². The number of piperidine rings is 1. The second kappa shape index (κ2) is 7.96. The van der Waals surface area contributed by atoms with Crippen molar-refractivity contribution in [2.45, 2.75) is 64.3 Å². The normalized spacial score (nSPS) is 22.0. The van der Waals surface area contributed by atoms with Crippen molar-refractivity contribution in [2.24, 2.45) is 5.92 Å². The Balaban J connectivity index is 1.61. The Labute approximate surface area is 162 Å². The molecule has 1 aliphatic carbocycles. The van der Waals surface area contributed by atoms with Crippen molar-refractivity contribution >= 4 is 27.3 Å². The highest BCUT2D eigenvalue weighted by Gasteiger charge is 2.23. The Bertz CT molecular complexity index is 869. The maximum Gasteiger partial charge on any atom is 0.274 e. The number of amides is 1. The third kappa shape index (κ3) is 4.15. The molecule has 7 nitrogen and oxygen atoms in total. The molecule has 0 radical (unpaired) electrons. The lowest BCUT2D eigenvalue weighted by Crippen LogP contribution is -2.36. The van der Waals surface area contributed by atoms with Crippen LogP contribution < -0.4 is 15.8 Å². The number of anilines is 1. The van der Waals surface area contributed by atoms with E-state index in [1.165, 1.54) is 36.7 Å². The van der Waals surface area contributed by atoms with Crippen LogP contribution in [0.15, 0.2) is 10.9 Å². The van der Waals surface area contributed by atoms with E-state index in [-0.39, 0.29) is 17.5 Å². The highest BCUT2D eigenvalue weighted by Crippen LogP contribution is 2.27. The molecule has 0 spiro atoms. The van der Waals surface area contributed by atoms with Gasteiger partial charge in [0.15, 0.2) is 0 Å². The molecule has 1 saturated carbocycles. The average molecular weight is 390 g/mol. The van der Waals surface area contributed by atoms with Crippen LogP contribution in [0.2, 0.25) is 0 Å². The third-order valence-corrected chi connectivity index (χ3v) is 6.56. The zero-order valence-electron chi connectivity index (χ0n) is 15.8. The van der Waals surface area contributed by atoms with Crippen molar-refractivity contribution in [1.82, 2.24) is 19.9 Å². The quantitative estimate of drug-likeness (QED) is 0.817. The molecule has 0 aromatic carbocycles. The predicted octanol–water partition coefficient (Wildman–Crippen LogP) is 2.84. The Kier molecular flexibility index (Phi) is 5.43. The van der Waals surface area contributed by atoms with Crippen molar-refractivity contribution in [3.8, 4) is 0 Å². The lowest BCUT2D eigenvalue weighted by Gasteiger charge is -2.30. The van der Waals surface area contributed by atoms with E-state index in [2.05, 4.69) is 27.2 Å². The fraction of sp³-hybridized carbons (Fsp3) is 0.684. The number of nitrogens with one attached hydrogen (secondary N) is 1. The fourth-order valence-corrected chi connectivity index (χ4v) is 5.08. The molecule has 146 valence electrons.